The van der Waals surface area contributed by atoms with E-state index in [1.807, 2.05) is 26.8 Å². The monoisotopic (exact) mass is 206 g/mol. The van der Waals surface area contributed by atoms with Gasteiger partial charge in [-0.25, -0.2) is 0 Å². The van der Waals surface area contributed by atoms with Gasteiger partial charge in [-0.05, 0) is 30.6 Å². The highest BCUT2D eigenvalue weighted by Gasteiger charge is 2.18. The quantitative estimate of drug-likeness (QED) is 0.701. The zero-order chi connectivity index (χ0) is 11.3. The van der Waals surface area contributed by atoms with Crippen LogP contribution in [0.5, 0.6) is 0 Å². The van der Waals surface area contributed by atoms with Gasteiger partial charge in [-0.3, -0.25) is 4.79 Å². The summed E-state index contributed by atoms with van der Waals surface area (Å²) in [6.07, 6.45) is 7.01. The minimum atomic E-state index is 0.190. The highest BCUT2D eigenvalue weighted by atomic mass is 16.3. The van der Waals surface area contributed by atoms with Crippen LogP contribution in [0.2, 0.25) is 0 Å². The lowest BCUT2D eigenvalue weighted by molar-refractivity contribution is -0.118. The van der Waals surface area contributed by atoms with Crippen LogP contribution in [0.15, 0.2) is 29.1 Å². The van der Waals surface area contributed by atoms with Crippen LogP contribution < -0.4 is 0 Å². The first-order valence-corrected chi connectivity index (χ1v) is 5.54. The van der Waals surface area contributed by atoms with Crippen molar-refractivity contribution >= 4 is 11.4 Å². The van der Waals surface area contributed by atoms with E-state index < -0.39 is 0 Å². The van der Waals surface area contributed by atoms with Gasteiger partial charge in [0.2, 0.25) is 0 Å². The summed E-state index contributed by atoms with van der Waals surface area (Å²) in [7, 11) is 0. The molecule has 1 unspecified atom stereocenters. The summed E-state index contributed by atoms with van der Waals surface area (Å²) in [4.78, 5) is 11.4. The van der Waals surface area contributed by atoms with Crippen molar-refractivity contribution < 1.29 is 9.21 Å². The number of ketones is 1. The molecule has 0 bridgehead atoms. The molecule has 1 atom stereocenters. The van der Waals surface area contributed by atoms with Gasteiger partial charge in [-0.2, -0.15) is 0 Å². The summed E-state index contributed by atoms with van der Waals surface area (Å²) in [5.41, 5.74) is 2.15. The smallest absolute Gasteiger partial charge is 0.158 e. The lowest BCUT2D eigenvalue weighted by Gasteiger charge is -2.15. The van der Waals surface area contributed by atoms with E-state index >= 15 is 0 Å². The molecule has 0 spiro atoms. The van der Waals surface area contributed by atoms with Gasteiger partial charge in [0.05, 0.1) is 12.5 Å². The van der Waals surface area contributed by atoms with Gasteiger partial charge in [0.15, 0.2) is 5.78 Å². The summed E-state index contributed by atoms with van der Waals surface area (Å²) < 4.78 is 4.98. The molecule has 0 aromatic carbocycles. The molecule has 2 rings (SSSR count). The third-order valence-corrected chi connectivity index (χ3v) is 2.54. The minimum absolute atomic E-state index is 0.190. The van der Waals surface area contributed by atoms with E-state index in [1.54, 1.807) is 18.6 Å². The van der Waals surface area contributed by atoms with E-state index in [0.29, 0.717) is 0 Å². The first kappa shape index (κ1) is 11.8. The van der Waals surface area contributed by atoms with Crippen molar-refractivity contribution in [2.24, 2.45) is 5.92 Å². The number of furan rings is 1. The Balaban J connectivity index is 0.000000531. The Bertz CT molecular complexity index is 333. The van der Waals surface area contributed by atoms with Crippen molar-refractivity contribution in [1.82, 2.24) is 0 Å². The number of hydrogen-bond acceptors (Lipinski definition) is 2. The fourth-order valence-electron chi connectivity index (χ4n) is 1.58. The number of rotatable bonds is 1. The van der Waals surface area contributed by atoms with Crippen molar-refractivity contribution in [2.75, 3.05) is 0 Å². The molecule has 2 heteroatoms. The normalized spacial score (nSPS) is 20.3. The number of carbonyl (C=O) groups excluding carboxylic acids is 1. The molecule has 0 saturated heterocycles. The maximum Gasteiger partial charge on any atom is 0.158 e. The molecule has 0 saturated carbocycles. The molecule has 0 N–H and O–H groups in total. The molecule has 82 valence electrons. The van der Waals surface area contributed by atoms with Crippen molar-refractivity contribution in [3.05, 3.63) is 30.2 Å². The SMILES string of the molecule is CC.CC1CCC(c2ccoc2)=CC1=O. The molecule has 15 heavy (non-hydrogen) atoms. The van der Waals surface area contributed by atoms with Gasteiger partial charge in [0.1, 0.15) is 0 Å². The Morgan fingerprint density at radius 3 is 2.67 bits per heavy atom. The zero-order valence-corrected chi connectivity index (χ0v) is 9.62. The fraction of sp³-hybridized carbons (Fsp3) is 0.462. The van der Waals surface area contributed by atoms with Gasteiger partial charge in [0, 0.05) is 11.5 Å². The van der Waals surface area contributed by atoms with Gasteiger partial charge < -0.3 is 4.42 Å². The summed E-state index contributed by atoms with van der Waals surface area (Å²) in [5, 5.41) is 0. The lowest BCUT2D eigenvalue weighted by Crippen LogP contribution is -2.13. The Morgan fingerprint density at radius 1 is 1.40 bits per heavy atom. The molecule has 0 radical (unpaired) electrons. The Labute approximate surface area is 91.0 Å². The molecular formula is C13H18O2. The second-order valence-electron chi connectivity index (χ2n) is 3.52. The van der Waals surface area contributed by atoms with E-state index in [9.17, 15) is 4.79 Å². The highest BCUT2D eigenvalue weighted by molar-refractivity contribution is 5.99. The standard InChI is InChI=1S/C11H12O2.C2H6/c1-8-2-3-9(6-11(8)12)10-4-5-13-7-10;1-2/h4-8H,2-3H2,1H3;1-2H3. The topological polar surface area (TPSA) is 30.2 Å². The average Bonchev–Trinajstić information content (AvgIpc) is 2.78. The third kappa shape index (κ3) is 2.82. The predicted octanol–water partition coefficient (Wildman–Crippen LogP) is 3.69. The van der Waals surface area contributed by atoms with Crippen LogP contribution in [-0.2, 0) is 4.79 Å². The van der Waals surface area contributed by atoms with Crippen LogP contribution in [0, 0.1) is 5.92 Å². The molecule has 1 aliphatic rings. The fourth-order valence-corrected chi connectivity index (χ4v) is 1.58. The molecule has 0 fully saturated rings. The molecule has 1 aromatic rings. The highest BCUT2D eigenvalue weighted by Crippen LogP contribution is 2.27. The second-order valence-corrected chi connectivity index (χ2v) is 3.52. The van der Waals surface area contributed by atoms with Crippen molar-refractivity contribution in [3.8, 4) is 0 Å². The number of carbonyl (C=O) groups is 1. The van der Waals surface area contributed by atoms with Gasteiger partial charge in [-0.1, -0.05) is 20.8 Å². The maximum atomic E-state index is 11.4. The Morgan fingerprint density at radius 2 is 2.13 bits per heavy atom. The van der Waals surface area contributed by atoms with Crippen molar-refractivity contribution in [3.63, 3.8) is 0 Å². The molecule has 1 heterocycles. The summed E-state index contributed by atoms with van der Waals surface area (Å²) in [6.45, 7) is 5.98. The second kappa shape index (κ2) is 5.54. The lowest BCUT2D eigenvalue weighted by atomic mass is 9.88. The Hall–Kier alpha value is -1.31. The van der Waals surface area contributed by atoms with E-state index in [4.69, 9.17) is 4.42 Å². The largest absolute Gasteiger partial charge is 0.472 e. The van der Waals surface area contributed by atoms with Gasteiger partial charge >= 0.3 is 0 Å². The van der Waals surface area contributed by atoms with Crippen molar-refractivity contribution in [1.29, 1.82) is 0 Å². The van der Waals surface area contributed by atoms with Crippen LogP contribution in [0.3, 0.4) is 0 Å². The van der Waals surface area contributed by atoms with E-state index in [2.05, 4.69) is 0 Å². The summed E-state index contributed by atoms with van der Waals surface area (Å²) in [6, 6.07) is 1.90. The molecular weight excluding hydrogens is 188 g/mol. The van der Waals surface area contributed by atoms with Crippen LogP contribution >= 0.6 is 0 Å². The van der Waals surface area contributed by atoms with E-state index in [0.717, 1.165) is 24.0 Å². The Kier molecular flexibility index (Phi) is 4.35. The third-order valence-electron chi connectivity index (χ3n) is 2.54. The molecule has 0 aliphatic heterocycles. The maximum absolute atomic E-state index is 11.4. The molecule has 0 amide bonds. The average molecular weight is 206 g/mol. The van der Waals surface area contributed by atoms with E-state index in [-0.39, 0.29) is 11.7 Å². The van der Waals surface area contributed by atoms with Gasteiger partial charge in [-0.15, -0.1) is 0 Å². The molecule has 1 aliphatic carbocycles. The summed E-state index contributed by atoms with van der Waals surface area (Å²) >= 11 is 0. The first-order chi connectivity index (χ1) is 7.27. The van der Waals surface area contributed by atoms with E-state index in [1.165, 1.54) is 0 Å². The van der Waals surface area contributed by atoms with Gasteiger partial charge in [0.25, 0.3) is 0 Å². The molecule has 2 nitrogen and oxygen atoms in total. The van der Waals surface area contributed by atoms with Crippen LogP contribution in [-0.4, -0.2) is 5.78 Å². The zero-order valence-electron chi connectivity index (χ0n) is 9.62. The van der Waals surface area contributed by atoms with Crippen molar-refractivity contribution in [2.45, 2.75) is 33.6 Å². The minimum Gasteiger partial charge on any atom is -0.472 e. The van der Waals surface area contributed by atoms with Crippen LogP contribution in [0.1, 0.15) is 39.2 Å². The number of allylic oxidation sites excluding steroid dienone is 2. The number of hydrogen-bond donors (Lipinski definition) is 0. The first-order valence-electron chi connectivity index (χ1n) is 5.54. The predicted molar refractivity (Wildman–Crippen MR) is 61.4 cm³/mol. The molecule has 1 aromatic heterocycles. The van der Waals surface area contributed by atoms with Crippen LogP contribution in [0.4, 0.5) is 0 Å². The van der Waals surface area contributed by atoms with Crippen LogP contribution in [0.25, 0.3) is 5.57 Å². The summed E-state index contributed by atoms with van der Waals surface area (Å²) in [5.74, 6) is 0.429.